The summed E-state index contributed by atoms with van der Waals surface area (Å²) in [4.78, 5) is 29.2. The first-order valence-corrected chi connectivity index (χ1v) is 10.4. The first kappa shape index (κ1) is 20.7. The maximum atomic E-state index is 13.2. The number of hydrogen-bond donors (Lipinski definition) is 1. The Kier molecular flexibility index (Phi) is 6.35. The van der Waals surface area contributed by atoms with Gasteiger partial charge in [0.05, 0.1) is 12.3 Å². The Morgan fingerprint density at radius 2 is 1.87 bits per heavy atom. The number of rotatable bonds is 6. The number of halogens is 1. The number of benzene rings is 1. The molecule has 1 saturated carbocycles. The molecule has 31 heavy (non-hydrogen) atoms. The number of nitrogens with zero attached hydrogens (tertiary/aromatic N) is 3. The Hall–Kier alpha value is -3.55. The van der Waals surface area contributed by atoms with Crippen molar-refractivity contribution in [2.24, 2.45) is 5.92 Å². The highest BCUT2D eigenvalue weighted by Gasteiger charge is 2.17. The molecule has 1 N–H and O–H groups in total. The van der Waals surface area contributed by atoms with Crippen molar-refractivity contribution >= 4 is 11.7 Å². The van der Waals surface area contributed by atoms with E-state index in [1.54, 1.807) is 18.3 Å². The third kappa shape index (κ3) is 5.14. The summed E-state index contributed by atoms with van der Waals surface area (Å²) in [5.74, 6) is 0.343. The van der Waals surface area contributed by atoms with Crippen LogP contribution in [0.2, 0.25) is 0 Å². The summed E-state index contributed by atoms with van der Waals surface area (Å²) in [6.07, 6.45) is 7.58. The van der Waals surface area contributed by atoms with Crippen LogP contribution in [0.1, 0.15) is 42.6 Å². The minimum absolute atomic E-state index is 0.0211. The number of aromatic nitrogens is 3. The highest BCUT2D eigenvalue weighted by atomic mass is 19.1. The van der Waals surface area contributed by atoms with Crippen molar-refractivity contribution in [2.75, 3.05) is 11.9 Å². The molecule has 0 bridgehead atoms. The predicted octanol–water partition coefficient (Wildman–Crippen LogP) is 3.98. The standard InChI is InChI=1S/C23H23FN4O3/c24-17-8-10-18(11-9-17)28-21(29)13-12-19(27-28)23(30)26-22-20(7-4-14-25-22)31-15-16-5-2-1-3-6-16/h4,7-14,16H,1-3,5-6,15H2,(H,25,26,30). The molecule has 1 aliphatic carbocycles. The zero-order valence-corrected chi connectivity index (χ0v) is 17.0. The van der Waals surface area contributed by atoms with Gasteiger partial charge in [0.25, 0.3) is 11.5 Å². The van der Waals surface area contributed by atoms with Crippen LogP contribution in [-0.2, 0) is 0 Å². The molecule has 0 atom stereocenters. The van der Waals surface area contributed by atoms with E-state index >= 15 is 0 Å². The van der Waals surface area contributed by atoms with Crippen molar-refractivity contribution in [3.8, 4) is 11.4 Å². The molecule has 0 radical (unpaired) electrons. The van der Waals surface area contributed by atoms with Gasteiger partial charge in [0.2, 0.25) is 0 Å². The number of amides is 1. The Bertz CT molecular complexity index is 1110. The molecule has 1 aromatic carbocycles. The van der Waals surface area contributed by atoms with E-state index in [1.165, 1.54) is 55.7 Å². The second kappa shape index (κ2) is 9.51. The summed E-state index contributed by atoms with van der Waals surface area (Å²) in [5, 5.41) is 6.83. The van der Waals surface area contributed by atoms with E-state index in [1.807, 2.05) is 0 Å². The van der Waals surface area contributed by atoms with Gasteiger partial charge in [0, 0.05) is 12.3 Å². The van der Waals surface area contributed by atoms with Crippen LogP contribution in [0, 0.1) is 11.7 Å². The predicted molar refractivity (Wildman–Crippen MR) is 114 cm³/mol. The minimum atomic E-state index is -0.530. The average molecular weight is 422 g/mol. The lowest BCUT2D eigenvalue weighted by Crippen LogP contribution is -2.25. The SMILES string of the molecule is O=C(Nc1ncccc1OCC1CCCCC1)c1ccc(=O)n(-c2ccc(F)cc2)n1. The largest absolute Gasteiger partial charge is 0.489 e. The highest BCUT2D eigenvalue weighted by Crippen LogP contribution is 2.27. The molecule has 160 valence electrons. The van der Waals surface area contributed by atoms with Crippen molar-refractivity contribution in [1.82, 2.24) is 14.8 Å². The van der Waals surface area contributed by atoms with Gasteiger partial charge in [-0.25, -0.2) is 9.37 Å². The lowest BCUT2D eigenvalue weighted by Gasteiger charge is -2.22. The summed E-state index contributed by atoms with van der Waals surface area (Å²) in [5.41, 5.74) is -0.0549. The van der Waals surface area contributed by atoms with E-state index < -0.39 is 17.3 Å². The summed E-state index contributed by atoms with van der Waals surface area (Å²) in [6, 6.07) is 11.4. The van der Waals surface area contributed by atoms with E-state index in [9.17, 15) is 14.0 Å². The topological polar surface area (TPSA) is 86.1 Å². The van der Waals surface area contributed by atoms with Gasteiger partial charge >= 0.3 is 0 Å². The smallest absolute Gasteiger partial charge is 0.277 e. The van der Waals surface area contributed by atoms with Crippen LogP contribution in [0.3, 0.4) is 0 Å². The van der Waals surface area contributed by atoms with Crippen LogP contribution < -0.4 is 15.6 Å². The van der Waals surface area contributed by atoms with E-state index in [2.05, 4.69) is 15.4 Å². The Morgan fingerprint density at radius 3 is 2.65 bits per heavy atom. The van der Waals surface area contributed by atoms with Crippen molar-refractivity contribution in [1.29, 1.82) is 0 Å². The highest BCUT2D eigenvalue weighted by molar-refractivity contribution is 6.02. The van der Waals surface area contributed by atoms with E-state index in [-0.39, 0.29) is 5.69 Å². The van der Waals surface area contributed by atoms with E-state index in [4.69, 9.17) is 4.74 Å². The fourth-order valence-corrected chi connectivity index (χ4v) is 3.63. The van der Waals surface area contributed by atoms with Crippen molar-refractivity contribution in [3.63, 3.8) is 0 Å². The van der Waals surface area contributed by atoms with Crippen LogP contribution in [0.4, 0.5) is 10.2 Å². The summed E-state index contributed by atoms with van der Waals surface area (Å²) < 4.78 is 20.2. The fourth-order valence-electron chi connectivity index (χ4n) is 3.63. The molecular weight excluding hydrogens is 399 g/mol. The fraction of sp³-hybridized carbons (Fsp3) is 0.304. The lowest BCUT2D eigenvalue weighted by atomic mass is 9.90. The summed E-state index contributed by atoms with van der Waals surface area (Å²) in [6.45, 7) is 0.586. The van der Waals surface area contributed by atoms with Gasteiger partial charge in [-0.05, 0) is 61.2 Å². The normalized spacial score (nSPS) is 14.2. The zero-order chi connectivity index (χ0) is 21.6. The molecule has 2 heterocycles. The molecule has 0 aliphatic heterocycles. The van der Waals surface area contributed by atoms with Gasteiger partial charge in [-0.15, -0.1) is 0 Å². The van der Waals surface area contributed by atoms with Gasteiger partial charge in [0.15, 0.2) is 11.6 Å². The number of ether oxygens (including phenoxy) is 1. The first-order valence-electron chi connectivity index (χ1n) is 10.4. The van der Waals surface area contributed by atoms with Gasteiger partial charge in [-0.3, -0.25) is 9.59 Å². The number of hydrogen-bond acceptors (Lipinski definition) is 5. The molecule has 0 saturated heterocycles. The van der Waals surface area contributed by atoms with Crippen LogP contribution in [0.15, 0.2) is 59.5 Å². The third-order valence-electron chi connectivity index (χ3n) is 5.31. The number of anilines is 1. The Morgan fingerprint density at radius 1 is 1.10 bits per heavy atom. The van der Waals surface area contributed by atoms with Crippen LogP contribution >= 0.6 is 0 Å². The molecule has 0 unspecified atom stereocenters. The Balaban J connectivity index is 1.50. The second-order valence-corrected chi connectivity index (χ2v) is 7.56. The Labute approximate surface area is 178 Å². The van der Waals surface area contributed by atoms with E-state index in [0.29, 0.717) is 29.8 Å². The molecule has 3 aromatic rings. The minimum Gasteiger partial charge on any atom is -0.489 e. The molecular formula is C23H23FN4O3. The number of nitrogens with one attached hydrogen (secondary N) is 1. The van der Waals surface area contributed by atoms with Crippen molar-refractivity contribution in [2.45, 2.75) is 32.1 Å². The van der Waals surface area contributed by atoms with E-state index in [0.717, 1.165) is 17.5 Å². The first-order chi connectivity index (χ1) is 15.1. The van der Waals surface area contributed by atoms with Gasteiger partial charge in [-0.2, -0.15) is 9.78 Å². The van der Waals surface area contributed by atoms with Crippen molar-refractivity contribution in [3.05, 3.63) is 76.6 Å². The third-order valence-corrected chi connectivity index (χ3v) is 5.31. The molecule has 1 fully saturated rings. The summed E-state index contributed by atoms with van der Waals surface area (Å²) in [7, 11) is 0. The van der Waals surface area contributed by atoms with Gasteiger partial charge in [-0.1, -0.05) is 19.3 Å². The molecule has 1 amide bonds. The van der Waals surface area contributed by atoms with Gasteiger partial charge in [0.1, 0.15) is 11.5 Å². The van der Waals surface area contributed by atoms with Crippen LogP contribution in [-0.4, -0.2) is 27.3 Å². The summed E-state index contributed by atoms with van der Waals surface area (Å²) >= 11 is 0. The quantitative estimate of drug-likeness (QED) is 0.649. The molecule has 2 aromatic heterocycles. The molecule has 7 nitrogen and oxygen atoms in total. The lowest BCUT2D eigenvalue weighted by molar-refractivity contribution is 0.101. The maximum Gasteiger partial charge on any atom is 0.277 e. The molecule has 4 rings (SSSR count). The zero-order valence-electron chi connectivity index (χ0n) is 17.0. The molecule has 1 aliphatic rings. The number of carbonyl (C=O) groups excluding carboxylic acids is 1. The van der Waals surface area contributed by atoms with Crippen LogP contribution in [0.5, 0.6) is 5.75 Å². The average Bonchev–Trinajstić information content (AvgIpc) is 2.80. The number of pyridine rings is 1. The van der Waals surface area contributed by atoms with Crippen LogP contribution in [0.25, 0.3) is 5.69 Å². The molecule has 0 spiro atoms. The maximum absolute atomic E-state index is 13.2. The van der Waals surface area contributed by atoms with Crippen molar-refractivity contribution < 1.29 is 13.9 Å². The molecule has 8 heteroatoms. The monoisotopic (exact) mass is 422 g/mol. The number of carbonyl (C=O) groups is 1. The second-order valence-electron chi connectivity index (χ2n) is 7.56. The van der Waals surface area contributed by atoms with Gasteiger partial charge < -0.3 is 10.1 Å².